The number of nitro groups is 1. The smallest absolute Gasteiger partial charge is 0.292 e. The SMILES string of the molecule is Cl.Nc1ccc(Nc2cc(Cl)ccc2[N+](=O)[O-])cc1. The first-order valence-electron chi connectivity index (χ1n) is 5.13. The Hall–Kier alpha value is -1.98. The Balaban J connectivity index is 0.00000180. The molecule has 0 unspecified atom stereocenters. The average molecular weight is 300 g/mol. The lowest BCUT2D eigenvalue weighted by Gasteiger charge is -2.07. The van der Waals surface area contributed by atoms with E-state index >= 15 is 0 Å². The van der Waals surface area contributed by atoms with Gasteiger partial charge >= 0.3 is 0 Å². The molecule has 5 nitrogen and oxygen atoms in total. The van der Waals surface area contributed by atoms with E-state index in [1.165, 1.54) is 18.2 Å². The second kappa shape index (κ2) is 6.26. The molecule has 2 rings (SSSR count). The minimum absolute atomic E-state index is 0. The van der Waals surface area contributed by atoms with Crippen molar-refractivity contribution in [3.8, 4) is 0 Å². The van der Waals surface area contributed by atoms with Crippen LogP contribution >= 0.6 is 24.0 Å². The molecule has 2 aromatic rings. The van der Waals surface area contributed by atoms with Crippen molar-refractivity contribution >= 4 is 46.8 Å². The molecule has 0 atom stereocenters. The molecule has 0 aromatic heterocycles. The number of nitrogens with one attached hydrogen (secondary N) is 1. The minimum atomic E-state index is -0.462. The molecule has 0 saturated carbocycles. The third-order valence-electron chi connectivity index (χ3n) is 2.34. The Kier molecular flexibility index (Phi) is 4.97. The first kappa shape index (κ1) is 15.1. The number of rotatable bonds is 3. The van der Waals surface area contributed by atoms with Crippen LogP contribution in [0.2, 0.25) is 5.02 Å². The summed E-state index contributed by atoms with van der Waals surface area (Å²) in [6.45, 7) is 0. The fraction of sp³-hybridized carbons (Fsp3) is 0. The lowest BCUT2D eigenvalue weighted by atomic mass is 10.2. The first-order chi connectivity index (χ1) is 8.56. The van der Waals surface area contributed by atoms with Crippen molar-refractivity contribution in [1.82, 2.24) is 0 Å². The number of nitrogens with two attached hydrogens (primary N) is 1. The molecule has 0 heterocycles. The second-order valence-electron chi connectivity index (χ2n) is 3.67. The molecule has 0 fully saturated rings. The Labute approximate surface area is 120 Å². The van der Waals surface area contributed by atoms with Gasteiger partial charge in [-0.05, 0) is 36.4 Å². The number of anilines is 3. The summed E-state index contributed by atoms with van der Waals surface area (Å²) in [5, 5.41) is 14.2. The standard InChI is InChI=1S/C12H10ClN3O2.ClH/c13-8-1-6-12(16(17)18)11(7-8)15-10-4-2-9(14)3-5-10;/h1-7,15H,14H2;1H. The van der Waals surface area contributed by atoms with Crippen molar-refractivity contribution in [2.45, 2.75) is 0 Å². The van der Waals surface area contributed by atoms with E-state index in [1.54, 1.807) is 24.3 Å². The fourth-order valence-electron chi connectivity index (χ4n) is 1.49. The molecule has 0 aliphatic rings. The molecule has 2 aromatic carbocycles. The van der Waals surface area contributed by atoms with Gasteiger partial charge in [0.2, 0.25) is 0 Å². The van der Waals surface area contributed by atoms with E-state index in [1.807, 2.05) is 0 Å². The van der Waals surface area contributed by atoms with Crippen LogP contribution in [0.3, 0.4) is 0 Å². The van der Waals surface area contributed by atoms with Crippen LogP contribution in [0.5, 0.6) is 0 Å². The highest BCUT2D eigenvalue weighted by molar-refractivity contribution is 6.31. The highest BCUT2D eigenvalue weighted by atomic mass is 35.5. The molecular formula is C12H11Cl2N3O2. The number of hydrogen-bond donors (Lipinski definition) is 2. The zero-order valence-electron chi connectivity index (χ0n) is 9.67. The molecule has 0 aliphatic heterocycles. The van der Waals surface area contributed by atoms with Crippen LogP contribution in [0, 0.1) is 10.1 Å². The Morgan fingerprint density at radius 1 is 1.16 bits per heavy atom. The molecular weight excluding hydrogens is 289 g/mol. The lowest BCUT2D eigenvalue weighted by Crippen LogP contribution is -1.97. The predicted molar refractivity (Wildman–Crippen MR) is 79.5 cm³/mol. The third-order valence-corrected chi connectivity index (χ3v) is 2.58. The lowest BCUT2D eigenvalue weighted by molar-refractivity contribution is -0.383. The summed E-state index contributed by atoms with van der Waals surface area (Å²) in [5.41, 5.74) is 7.21. The van der Waals surface area contributed by atoms with Crippen molar-refractivity contribution in [2.24, 2.45) is 0 Å². The van der Waals surface area contributed by atoms with Crippen LogP contribution in [-0.4, -0.2) is 4.92 Å². The number of nitrogen functional groups attached to an aromatic ring is 1. The zero-order valence-corrected chi connectivity index (χ0v) is 11.2. The quantitative estimate of drug-likeness (QED) is 0.510. The topological polar surface area (TPSA) is 81.2 Å². The van der Waals surface area contributed by atoms with E-state index in [0.29, 0.717) is 22.1 Å². The fourth-order valence-corrected chi connectivity index (χ4v) is 1.66. The summed E-state index contributed by atoms with van der Waals surface area (Å²) in [6, 6.07) is 11.2. The largest absolute Gasteiger partial charge is 0.399 e. The molecule has 7 heteroatoms. The highest BCUT2D eigenvalue weighted by Crippen LogP contribution is 2.30. The number of halogens is 2. The molecule has 100 valence electrons. The van der Waals surface area contributed by atoms with Gasteiger partial charge in [-0.15, -0.1) is 12.4 Å². The van der Waals surface area contributed by atoms with E-state index in [-0.39, 0.29) is 18.1 Å². The molecule has 3 N–H and O–H groups in total. The molecule has 19 heavy (non-hydrogen) atoms. The highest BCUT2D eigenvalue weighted by Gasteiger charge is 2.13. The summed E-state index contributed by atoms with van der Waals surface area (Å²) in [5.74, 6) is 0. The van der Waals surface area contributed by atoms with Crippen LogP contribution in [-0.2, 0) is 0 Å². The van der Waals surface area contributed by atoms with E-state index in [0.717, 1.165) is 0 Å². The van der Waals surface area contributed by atoms with E-state index in [2.05, 4.69) is 5.32 Å². The van der Waals surface area contributed by atoms with Gasteiger partial charge in [0, 0.05) is 22.5 Å². The summed E-state index contributed by atoms with van der Waals surface area (Å²) in [6.07, 6.45) is 0. The normalized spacial score (nSPS) is 9.53. The summed E-state index contributed by atoms with van der Waals surface area (Å²) in [7, 11) is 0. The monoisotopic (exact) mass is 299 g/mol. The van der Waals surface area contributed by atoms with Crippen LogP contribution < -0.4 is 11.1 Å². The van der Waals surface area contributed by atoms with Gasteiger partial charge in [-0.2, -0.15) is 0 Å². The van der Waals surface area contributed by atoms with Crippen molar-refractivity contribution < 1.29 is 4.92 Å². The van der Waals surface area contributed by atoms with Gasteiger partial charge in [-0.3, -0.25) is 10.1 Å². The van der Waals surface area contributed by atoms with Gasteiger partial charge < -0.3 is 11.1 Å². The van der Waals surface area contributed by atoms with Gasteiger partial charge in [0.25, 0.3) is 5.69 Å². The maximum Gasteiger partial charge on any atom is 0.292 e. The van der Waals surface area contributed by atoms with Crippen molar-refractivity contribution in [2.75, 3.05) is 11.1 Å². The maximum absolute atomic E-state index is 10.9. The maximum atomic E-state index is 10.9. The first-order valence-corrected chi connectivity index (χ1v) is 5.50. The molecule has 0 bridgehead atoms. The van der Waals surface area contributed by atoms with Crippen molar-refractivity contribution in [3.63, 3.8) is 0 Å². The van der Waals surface area contributed by atoms with Gasteiger partial charge in [-0.25, -0.2) is 0 Å². The van der Waals surface area contributed by atoms with E-state index in [4.69, 9.17) is 17.3 Å². The van der Waals surface area contributed by atoms with Crippen LogP contribution in [0.4, 0.5) is 22.7 Å². The van der Waals surface area contributed by atoms with Gasteiger partial charge in [0.1, 0.15) is 5.69 Å². The summed E-state index contributed by atoms with van der Waals surface area (Å²) >= 11 is 5.83. The van der Waals surface area contributed by atoms with E-state index in [9.17, 15) is 10.1 Å². The Morgan fingerprint density at radius 2 is 1.79 bits per heavy atom. The zero-order chi connectivity index (χ0) is 13.1. The second-order valence-corrected chi connectivity index (χ2v) is 4.10. The van der Waals surface area contributed by atoms with Crippen LogP contribution in [0.1, 0.15) is 0 Å². The van der Waals surface area contributed by atoms with Gasteiger partial charge in [-0.1, -0.05) is 11.6 Å². The third kappa shape index (κ3) is 3.74. The van der Waals surface area contributed by atoms with Gasteiger partial charge in [0.05, 0.1) is 4.92 Å². The molecule has 0 aliphatic carbocycles. The van der Waals surface area contributed by atoms with Crippen molar-refractivity contribution in [3.05, 3.63) is 57.6 Å². The van der Waals surface area contributed by atoms with Crippen LogP contribution in [0.25, 0.3) is 0 Å². The predicted octanol–water partition coefficient (Wildman–Crippen LogP) is 4.00. The Bertz CT molecular complexity index is 588. The Morgan fingerprint density at radius 3 is 2.37 bits per heavy atom. The molecule has 0 radical (unpaired) electrons. The van der Waals surface area contributed by atoms with Crippen LogP contribution in [0.15, 0.2) is 42.5 Å². The molecule has 0 amide bonds. The van der Waals surface area contributed by atoms with Gasteiger partial charge in [0.15, 0.2) is 0 Å². The number of nitrogens with zero attached hydrogens (tertiary/aromatic N) is 1. The number of benzene rings is 2. The minimum Gasteiger partial charge on any atom is -0.399 e. The van der Waals surface area contributed by atoms with E-state index < -0.39 is 4.92 Å². The van der Waals surface area contributed by atoms with Crippen molar-refractivity contribution in [1.29, 1.82) is 0 Å². The number of hydrogen-bond acceptors (Lipinski definition) is 4. The summed E-state index contributed by atoms with van der Waals surface area (Å²) in [4.78, 5) is 10.4. The summed E-state index contributed by atoms with van der Waals surface area (Å²) < 4.78 is 0. The average Bonchev–Trinajstić information content (AvgIpc) is 2.32. The number of nitro benzene ring substituents is 1. The molecule has 0 saturated heterocycles. The molecule has 0 spiro atoms.